The van der Waals surface area contributed by atoms with Crippen LogP contribution in [0, 0.1) is 0 Å². The topological polar surface area (TPSA) is 59.2 Å². The summed E-state index contributed by atoms with van der Waals surface area (Å²) in [6, 6.07) is 19.5. The van der Waals surface area contributed by atoms with E-state index in [1.165, 1.54) is 5.56 Å². The van der Waals surface area contributed by atoms with Crippen LogP contribution in [0.2, 0.25) is 0 Å². The van der Waals surface area contributed by atoms with Gasteiger partial charge in [0.05, 0.1) is 0 Å². The van der Waals surface area contributed by atoms with Crippen LogP contribution in [0.5, 0.6) is 0 Å². The van der Waals surface area contributed by atoms with Gasteiger partial charge < -0.3 is 10.6 Å². The van der Waals surface area contributed by atoms with Crippen LogP contribution in [0.4, 0.5) is 5.69 Å². The maximum Gasteiger partial charge on any atom is 0.253 e. The number of aromatic nitrogens is 1. The fourth-order valence-corrected chi connectivity index (χ4v) is 3.57. The molecule has 1 amide bonds. The zero-order chi connectivity index (χ0) is 17.9. The molecule has 0 saturated carbocycles. The Labute approximate surface area is 153 Å². The Morgan fingerprint density at radius 1 is 1.08 bits per heavy atom. The molecule has 2 N–H and O–H groups in total. The highest BCUT2D eigenvalue weighted by atomic mass is 16.2. The first-order valence-electron chi connectivity index (χ1n) is 8.86. The van der Waals surface area contributed by atoms with Gasteiger partial charge in [-0.15, -0.1) is 0 Å². The molecule has 3 aromatic rings. The second-order valence-corrected chi connectivity index (χ2v) is 6.69. The van der Waals surface area contributed by atoms with Crippen LogP contribution in [0.1, 0.15) is 28.3 Å². The number of pyridine rings is 1. The van der Waals surface area contributed by atoms with E-state index in [4.69, 9.17) is 5.73 Å². The molecule has 2 aromatic carbocycles. The number of nitrogen functional groups attached to an aromatic ring is 1. The predicted octanol–water partition coefficient (Wildman–Crippen LogP) is 3.96. The van der Waals surface area contributed by atoms with E-state index in [1.54, 1.807) is 6.20 Å². The highest BCUT2D eigenvalue weighted by molar-refractivity contribution is 5.97. The third kappa shape index (κ3) is 3.18. The average molecular weight is 343 g/mol. The molecule has 0 radical (unpaired) electrons. The number of carbonyl (C=O) groups excluding carboxylic acids is 1. The minimum absolute atomic E-state index is 0.0635. The van der Waals surface area contributed by atoms with Crippen LogP contribution in [-0.4, -0.2) is 28.9 Å². The molecular formula is C22H21N3O. The number of hydrogen-bond donors (Lipinski definition) is 1. The summed E-state index contributed by atoms with van der Waals surface area (Å²) in [5, 5.41) is 0. The minimum atomic E-state index is 0.0635. The zero-order valence-corrected chi connectivity index (χ0v) is 14.5. The maximum atomic E-state index is 13.0. The van der Waals surface area contributed by atoms with E-state index >= 15 is 0 Å². The van der Waals surface area contributed by atoms with Gasteiger partial charge in [0, 0.05) is 48.2 Å². The molecule has 4 rings (SSSR count). The van der Waals surface area contributed by atoms with Gasteiger partial charge in [-0.2, -0.15) is 0 Å². The summed E-state index contributed by atoms with van der Waals surface area (Å²) in [5.41, 5.74) is 10.6. The van der Waals surface area contributed by atoms with Crippen molar-refractivity contribution in [3.05, 3.63) is 84.2 Å². The number of benzene rings is 2. The molecule has 1 aliphatic rings. The van der Waals surface area contributed by atoms with Gasteiger partial charge >= 0.3 is 0 Å². The van der Waals surface area contributed by atoms with Gasteiger partial charge in [0.2, 0.25) is 0 Å². The van der Waals surface area contributed by atoms with Crippen molar-refractivity contribution in [1.82, 2.24) is 9.88 Å². The first kappa shape index (κ1) is 16.3. The molecule has 2 heterocycles. The Bertz CT molecular complexity index is 909. The summed E-state index contributed by atoms with van der Waals surface area (Å²) in [4.78, 5) is 19.1. The number of carbonyl (C=O) groups is 1. The van der Waals surface area contributed by atoms with Gasteiger partial charge in [0.15, 0.2) is 0 Å². The first-order valence-corrected chi connectivity index (χ1v) is 8.86. The molecule has 0 aliphatic carbocycles. The Kier molecular flexibility index (Phi) is 4.40. The van der Waals surface area contributed by atoms with E-state index in [9.17, 15) is 4.79 Å². The number of nitrogens with zero attached hydrogens (tertiary/aromatic N) is 2. The summed E-state index contributed by atoms with van der Waals surface area (Å²) in [5.74, 6) is 0.420. The molecule has 0 bridgehead atoms. The van der Waals surface area contributed by atoms with E-state index in [1.807, 2.05) is 65.7 Å². The minimum Gasteiger partial charge on any atom is -0.398 e. The lowest BCUT2D eigenvalue weighted by Crippen LogP contribution is -2.28. The quantitative estimate of drug-likeness (QED) is 0.732. The Morgan fingerprint density at radius 2 is 1.92 bits per heavy atom. The number of amides is 1. The zero-order valence-electron chi connectivity index (χ0n) is 14.5. The van der Waals surface area contributed by atoms with E-state index in [0.717, 1.165) is 30.6 Å². The number of rotatable bonds is 3. The maximum absolute atomic E-state index is 13.0. The second kappa shape index (κ2) is 7.00. The smallest absolute Gasteiger partial charge is 0.253 e. The highest BCUT2D eigenvalue weighted by Gasteiger charge is 2.28. The van der Waals surface area contributed by atoms with Crippen LogP contribution in [-0.2, 0) is 0 Å². The van der Waals surface area contributed by atoms with Crippen LogP contribution in [0.25, 0.3) is 11.1 Å². The monoisotopic (exact) mass is 343 g/mol. The van der Waals surface area contributed by atoms with Crippen molar-refractivity contribution in [2.75, 3.05) is 18.8 Å². The summed E-state index contributed by atoms with van der Waals surface area (Å²) < 4.78 is 0. The lowest BCUT2D eigenvalue weighted by molar-refractivity contribution is 0.0791. The molecule has 1 fully saturated rings. The van der Waals surface area contributed by atoms with Crippen LogP contribution in [0.3, 0.4) is 0 Å². The van der Waals surface area contributed by atoms with Crippen molar-refractivity contribution in [3.63, 3.8) is 0 Å². The van der Waals surface area contributed by atoms with E-state index in [2.05, 4.69) is 11.1 Å². The number of likely N-dealkylation sites (tertiary alicyclic amines) is 1. The standard InChI is InChI=1S/C22H21N3O/c23-21-9-8-17(13-20(21)16-5-2-1-3-6-16)22(26)25-12-10-19(15-25)18-7-4-11-24-14-18/h1-9,11,13-14,19H,10,12,15,23H2. The van der Waals surface area contributed by atoms with Crippen molar-refractivity contribution in [2.45, 2.75) is 12.3 Å². The molecule has 1 aromatic heterocycles. The fourth-order valence-electron chi connectivity index (χ4n) is 3.57. The second-order valence-electron chi connectivity index (χ2n) is 6.69. The SMILES string of the molecule is Nc1ccc(C(=O)N2CCC(c3cccnc3)C2)cc1-c1ccccc1. The largest absolute Gasteiger partial charge is 0.398 e. The summed E-state index contributed by atoms with van der Waals surface area (Å²) in [6.45, 7) is 1.50. The van der Waals surface area contributed by atoms with Crippen LogP contribution < -0.4 is 5.73 Å². The van der Waals surface area contributed by atoms with Gasteiger partial charge in [0.25, 0.3) is 5.91 Å². The third-order valence-electron chi connectivity index (χ3n) is 5.02. The molecule has 1 aliphatic heterocycles. The summed E-state index contributed by atoms with van der Waals surface area (Å²) in [7, 11) is 0. The third-order valence-corrected chi connectivity index (χ3v) is 5.02. The number of hydrogen-bond acceptors (Lipinski definition) is 3. The van der Waals surface area contributed by atoms with Crippen LogP contribution >= 0.6 is 0 Å². The highest BCUT2D eigenvalue weighted by Crippen LogP contribution is 2.30. The first-order chi connectivity index (χ1) is 12.7. The molecule has 1 atom stereocenters. The van der Waals surface area contributed by atoms with Gasteiger partial charge in [-0.1, -0.05) is 36.4 Å². The van der Waals surface area contributed by atoms with Gasteiger partial charge in [0.1, 0.15) is 0 Å². The Hall–Kier alpha value is -3.14. The van der Waals surface area contributed by atoms with E-state index < -0.39 is 0 Å². The number of nitrogens with two attached hydrogens (primary N) is 1. The Morgan fingerprint density at radius 3 is 2.69 bits per heavy atom. The van der Waals surface area contributed by atoms with Crippen LogP contribution in [0.15, 0.2) is 73.1 Å². The normalized spacial score (nSPS) is 16.6. The van der Waals surface area contributed by atoms with E-state index in [-0.39, 0.29) is 5.91 Å². The van der Waals surface area contributed by atoms with Crippen molar-refractivity contribution in [1.29, 1.82) is 0 Å². The molecular weight excluding hydrogens is 322 g/mol. The predicted molar refractivity (Wildman–Crippen MR) is 104 cm³/mol. The molecule has 130 valence electrons. The fraction of sp³-hybridized carbons (Fsp3) is 0.182. The van der Waals surface area contributed by atoms with Gasteiger partial charge in [-0.25, -0.2) is 0 Å². The molecule has 4 nitrogen and oxygen atoms in total. The number of anilines is 1. The van der Waals surface area contributed by atoms with Crippen molar-refractivity contribution in [3.8, 4) is 11.1 Å². The van der Waals surface area contributed by atoms with E-state index in [0.29, 0.717) is 17.2 Å². The molecule has 4 heteroatoms. The molecule has 0 spiro atoms. The van der Waals surface area contributed by atoms with Gasteiger partial charge in [-0.3, -0.25) is 9.78 Å². The summed E-state index contributed by atoms with van der Waals surface area (Å²) in [6.07, 6.45) is 4.65. The summed E-state index contributed by atoms with van der Waals surface area (Å²) >= 11 is 0. The average Bonchev–Trinajstić information content (AvgIpc) is 3.19. The lowest BCUT2D eigenvalue weighted by atomic mass is 10.00. The van der Waals surface area contributed by atoms with Gasteiger partial charge in [-0.05, 0) is 41.8 Å². The lowest BCUT2D eigenvalue weighted by Gasteiger charge is -2.18. The van der Waals surface area contributed by atoms with Crippen molar-refractivity contribution in [2.24, 2.45) is 0 Å². The molecule has 1 saturated heterocycles. The van der Waals surface area contributed by atoms with Crippen molar-refractivity contribution < 1.29 is 4.79 Å². The molecule has 1 unspecified atom stereocenters. The van der Waals surface area contributed by atoms with Crippen molar-refractivity contribution >= 4 is 11.6 Å². The Balaban J connectivity index is 1.56. The molecule has 26 heavy (non-hydrogen) atoms.